The van der Waals surface area contributed by atoms with Crippen molar-refractivity contribution in [1.29, 1.82) is 0 Å². The van der Waals surface area contributed by atoms with Gasteiger partial charge in [0.1, 0.15) is 11.5 Å². The van der Waals surface area contributed by atoms with Crippen molar-refractivity contribution < 1.29 is 9.47 Å². The van der Waals surface area contributed by atoms with E-state index in [1.807, 2.05) is 12.1 Å². The van der Waals surface area contributed by atoms with Gasteiger partial charge in [0.15, 0.2) is 0 Å². The van der Waals surface area contributed by atoms with Gasteiger partial charge in [-0.3, -0.25) is 0 Å². The third kappa shape index (κ3) is 5.64. The Morgan fingerprint density at radius 1 is 0.636 bits per heavy atom. The molecule has 2 unspecified atom stereocenters. The first kappa shape index (κ1) is 23.1. The highest BCUT2D eigenvalue weighted by Crippen LogP contribution is 2.41. The molecule has 0 radical (unpaired) electrons. The summed E-state index contributed by atoms with van der Waals surface area (Å²) in [7, 11) is 3.02. The zero-order valence-corrected chi connectivity index (χ0v) is 20.2. The summed E-state index contributed by atoms with van der Waals surface area (Å²) >= 11 is 0. The first-order chi connectivity index (χ1) is 16.3. The van der Waals surface area contributed by atoms with Crippen molar-refractivity contribution in [2.45, 2.75) is 18.8 Å². The summed E-state index contributed by atoms with van der Waals surface area (Å²) < 4.78 is 11.5. The predicted molar refractivity (Wildman–Crippen MR) is 141 cm³/mol. The second-order valence-corrected chi connectivity index (χ2v) is 10.3. The zero-order valence-electron chi connectivity index (χ0n) is 19.4. The van der Waals surface area contributed by atoms with Crippen molar-refractivity contribution in [2.75, 3.05) is 20.4 Å². The fraction of sp³-hybridized carbons (Fsp3) is 0.200. The fourth-order valence-corrected chi connectivity index (χ4v) is 6.95. The van der Waals surface area contributed by atoms with Crippen LogP contribution in [0.5, 0.6) is 11.5 Å². The van der Waals surface area contributed by atoms with E-state index in [1.165, 1.54) is 21.7 Å². The molecule has 0 spiro atoms. The highest BCUT2D eigenvalue weighted by Gasteiger charge is 2.21. The lowest BCUT2D eigenvalue weighted by Crippen LogP contribution is -2.16. The lowest BCUT2D eigenvalue weighted by Gasteiger charge is -2.24. The van der Waals surface area contributed by atoms with Gasteiger partial charge in [-0.25, -0.2) is 0 Å². The van der Waals surface area contributed by atoms with Gasteiger partial charge in [0.2, 0.25) is 0 Å². The topological polar surface area (TPSA) is 18.5 Å². The normalized spacial score (nSPS) is 12.7. The summed E-state index contributed by atoms with van der Waals surface area (Å²) in [6.07, 6.45) is 3.28. The molecule has 33 heavy (non-hydrogen) atoms. The molecule has 2 nitrogen and oxygen atoms in total. The lowest BCUT2D eigenvalue weighted by molar-refractivity contribution is 0.406. The molecule has 4 rings (SSSR count). The van der Waals surface area contributed by atoms with Gasteiger partial charge in [0.25, 0.3) is 0 Å². The maximum absolute atomic E-state index is 5.74. The summed E-state index contributed by atoms with van der Waals surface area (Å²) in [5, 5.41) is 2.71. The third-order valence-corrected chi connectivity index (χ3v) is 8.67. The molecule has 0 N–H and O–H groups in total. The van der Waals surface area contributed by atoms with Crippen LogP contribution < -0.4 is 20.1 Å². The Kier molecular flexibility index (Phi) is 8.17. The van der Waals surface area contributed by atoms with Crippen LogP contribution in [0.3, 0.4) is 0 Å². The van der Waals surface area contributed by atoms with Crippen molar-refractivity contribution in [3.8, 4) is 11.5 Å². The first-order valence-electron chi connectivity index (χ1n) is 11.4. The van der Waals surface area contributed by atoms with Crippen molar-refractivity contribution in [1.82, 2.24) is 0 Å². The van der Waals surface area contributed by atoms with Gasteiger partial charge >= 0.3 is 0 Å². The number of hydrogen-bond acceptors (Lipinski definition) is 2. The number of ether oxygens (including phenoxy) is 2. The van der Waals surface area contributed by atoms with E-state index in [4.69, 9.17) is 9.47 Å². The maximum atomic E-state index is 5.74. The van der Waals surface area contributed by atoms with Gasteiger partial charge in [-0.1, -0.05) is 97.1 Å². The molecule has 3 heteroatoms. The fourth-order valence-electron chi connectivity index (χ4n) is 4.44. The molecule has 2 atom stereocenters. The first-order valence-corrected chi connectivity index (χ1v) is 13.0. The van der Waals surface area contributed by atoms with Crippen LogP contribution in [-0.4, -0.2) is 20.4 Å². The molecular formula is C30H31O2P. The summed E-state index contributed by atoms with van der Waals surface area (Å²) in [5.74, 6) is 2.24. The Balaban J connectivity index is 1.61. The van der Waals surface area contributed by atoms with E-state index in [9.17, 15) is 0 Å². The van der Waals surface area contributed by atoms with Gasteiger partial charge in [-0.05, 0) is 49.9 Å². The van der Waals surface area contributed by atoms with Gasteiger partial charge in [-0.2, -0.15) is 0 Å². The smallest absolute Gasteiger partial charge is 0.126 e. The molecular weight excluding hydrogens is 423 g/mol. The summed E-state index contributed by atoms with van der Waals surface area (Å²) in [6, 6.07) is 38.6. The average Bonchev–Trinajstić information content (AvgIpc) is 2.90. The molecule has 0 fully saturated rings. The second kappa shape index (κ2) is 11.7. The Hall–Kier alpha value is -3.09. The molecule has 0 saturated heterocycles. The average molecular weight is 455 g/mol. The number of benzene rings is 4. The van der Waals surface area contributed by atoms with E-state index in [0.29, 0.717) is 5.92 Å². The highest BCUT2D eigenvalue weighted by molar-refractivity contribution is 7.73. The van der Waals surface area contributed by atoms with Crippen LogP contribution in [0, 0.1) is 0 Å². The van der Waals surface area contributed by atoms with Crippen molar-refractivity contribution in [3.63, 3.8) is 0 Å². The van der Waals surface area contributed by atoms with E-state index in [2.05, 4.69) is 97.1 Å². The minimum Gasteiger partial charge on any atom is -0.496 e. The number of rotatable bonds is 10. The van der Waals surface area contributed by atoms with Crippen molar-refractivity contribution >= 4 is 18.5 Å². The summed E-state index contributed by atoms with van der Waals surface area (Å²) in [5.41, 5.74) is 2.59. The quantitative estimate of drug-likeness (QED) is 0.247. The molecule has 0 aliphatic carbocycles. The van der Waals surface area contributed by atoms with Crippen LogP contribution in [0.4, 0.5) is 0 Å². The minimum atomic E-state index is -0.513. The molecule has 168 valence electrons. The minimum absolute atomic E-state index is 0.299. The van der Waals surface area contributed by atoms with Crippen LogP contribution in [0.1, 0.15) is 29.9 Å². The van der Waals surface area contributed by atoms with Gasteiger partial charge in [0, 0.05) is 16.8 Å². The highest BCUT2D eigenvalue weighted by atomic mass is 31.1. The predicted octanol–water partition coefficient (Wildman–Crippen LogP) is 6.75. The van der Waals surface area contributed by atoms with Crippen LogP contribution >= 0.6 is 7.92 Å². The van der Waals surface area contributed by atoms with Gasteiger partial charge in [-0.15, -0.1) is 0 Å². The molecule has 0 bridgehead atoms. The van der Waals surface area contributed by atoms with Crippen LogP contribution in [0.25, 0.3) is 0 Å². The van der Waals surface area contributed by atoms with Crippen LogP contribution in [-0.2, 0) is 0 Å². The summed E-state index contributed by atoms with van der Waals surface area (Å²) in [4.78, 5) is 0. The largest absolute Gasteiger partial charge is 0.496 e. The molecule has 4 aromatic rings. The molecule has 0 aromatic heterocycles. The Morgan fingerprint density at radius 2 is 1.21 bits per heavy atom. The van der Waals surface area contributed by atoms with E-state index >= 15 is 0 Å². The number of hydrogen-bond donors (Lipinski definition) is 0. The van der Waals surface area contributed by atoms with Crippen LogP contribution in [0.2, 0.25) is 0 Å². The van der Waals surface area contributed by atoms with E-state index in [1.54, 1.807) is 14.2 Å². The van der Waals surface area contributed by atoms with Gasteiger partial charge < -0.3 is 9.47 Å². The Bertz CT molecular complexity index is 1040. The molecule has 0 heterocycles. The lowest BCUT2D eigenvalue weighted by atomic mass is 9.87. The standard InChI is InChI=1S/C30H31O2P/c1-31-28-20-10-9-18-27(28)26(24-14-5-3-6-15-24)19-13-23-33(25-16-7-4-8-17-25)30-22-12-11-21-29(30)32-2/h3-12,14-18,20-22,26H,13,19,23H2,1-2H3. The molecule has 4 aromatic carbocycles. The van der Waals surface area contributed by atoms with E-state index in [-0.39, 0.29) is 0 Å². The molecule has 0 aliphatic rings. The molecule has 0 saturated carbocycles. The summed E-state index contributed by atoms with van der Waals surface area (Å²) in [6.45, 7) is 0. The van der Waals surface area contributed by atoms with E-state index in [0.717, 1.165) is 30.5 Å². The van der Waals surface area contributed by atoms with E-state index < -0.39 is 7.92 Å². The molecule has 0 amide bonds. The van der Waals surface area contributed by atoms with Gasteiger partial charge in [0.05, 0.1) is 14.2 Å². The van der Waals surface area contributed by atoms with Crippen molar-refractivity contribution in [3.05, 3.63) is 120 Å². The maximum Gasteiger partial charge on any atom is 0.126 e. The SMILES string of the molecule is COc1ccccc1C(CCCP(c1ccccc1)c1ccccc1OC)c1ccccc1. The van der Waals surface area contributed by atoms with Crippen molar-refractivity contribution in [2.24, 2.45) is 0 Å². The third-order valence-electron chi connectivity index (χ3n) is 6.03. The Morgan fingerprint density at radius 3 is 1.91 bits per heavy atom. The Labute approximate surface area is 199 Å². The number of para-hydroxylation sites is 2. The van der Waals surface area contributed by atoms with Crippen LogP contribution in [0.15, 0.2) is 109 Å². The second-order valence-electron chi connectivity index (χ2n) is 8.01. The monoisotopic (exact) mass is 454 g/mol. The zero-order chi connectivity index (χ0) is 22.9. The molecule has 0 aliphatic heterocycles. The number of methoxy groups -OCH3 is 2.